The van der Waals surface area contributed by atoms with Crippen LogP contribution in [0.3, 0.4) is 0 Å². The van der Waals surface area contributed by atoms with Gasteiger partial charge in [-0.05, 0) is 53.6 Å². The molecule has 0 atom stereocenters. The second kappa shape index (κ2) is 7.81. The normalized spacial score (nSPS) is 11.2. The van der Waals surface area contributed by atoms with Gasteiger partial charge in [0.2, 0.25) is 0 Å². The van der Waals surface area contributed by atoms with E-state index in [9.17, 15) is 4.79 Å². The van der Waals surface area contributed by atoms with E-state index >= 15 is 0 Å². The van der Waals surface area contributed by atoms with Crippen LogP contribution < -0.4 is 9.47 Å². The van der Waals surface area contributed by atoms with E-state index < -0.39 is 5.97 Å². The van der Waals surface area contributed by atoms with Crippen LogP contribution in [0.1, 0.15) is 53.4 Å². The standard InChI is InChI=1S/C22H28O4/c1-14-11-16(22(3,4)5)12-15(2)17(14)13-26-21(23)20-18(24-6)9-8-10-19(20)25-7/h8-12H,13H2,1-7H3. The Morgan fingerprint density at radius 3 is 1.88 bits per heavy atom. The van der Waals surface area contributed by atoms with E-state index in [0.717, 1.165) is 16.7 Å². The molecule has 2 aromatic rings. The number of esters is 1. The van der Waals surface area contributed by atoms with Gasteiger partial charge in [-0.1, -0.05) is 39.0 Å². The van der Waals surface area contributed by atoms with Gasteiger partial charge >= 0.3 is 5.97 Å². The number of hydrogen-bond acceptors (Lipinski definition) is 4. The van der Waals surface area contributed by atoms with Crippen LogP contribution in [0.5, 0.6) is 11.5 Å². The van der Waals surface area contributed by atoms with Crippen molar-refractivity contribution in [3.63, 3.8) is 0 Å². The van der Waals surface area contributed by atoms with E-state index in [1.54, 1.807) is 18.2 Å². The lowest BCUT2D eigenvalue weighted by molar-refractivity contribution is 0.0464. The molecule has 0 heterocycles. The monoisotopic (exact) mass is 356 g/mol. The first kappa shape index (κ1) is 19.8. The Labute approximate surface area is 156 Å². The average Bonchev–Trinajstić information content (AvgIpc) is 2.58. The predicted molar refractivity (Wildman–Crippen MR) is 103 cm³/mol. The van der Waals surface area contributed by atoms with Crippen molar-refractivity contribution < 1.29 is 19.0 Å². The molecule has 0 aliphatic heterocycles. The molecule has 2 rings (SSSR count). The van der Waals surface area contributed by atoms with Crippen molar-refractivity contribution in [2.45, 2.75) is 46.6 Å². The van der Waals surface area contributed by atoms with Gasteiger partial charge in [-0.25, -0.2) is 4.79 Å². The summed E-state index contributed by atoms with van der Waals surface area (Å²) >= 11 is 0. The maximum Gasteiger partial charge on any atom is 0.346 e. The maximum absolute atomic E-state index is 12.6. The van der Waals surface area contributed by atoms with Crippen LogP contribution in [0.2, 0.25) is 0 Å². The lowest BCUT2D eigenvalue weighted by Crippen LogP contribution is -2.14. The predicted octanol–water partition coefficient (Wildman–Crippen LogP) is 4.98. The summed E-state index contributed by atoms with van der Waals surface area (Å²) < 4.78 is 16.1. The van der Waals surface area contributed by atoms with E-state index in [1.807, 2.05) is 0 Å². The number of carbonyl (C=O) groups excluding carboxylic acids is 1. The second-order valence-electron chi connectivity index (χ2n) is 7.45. The topological polar surface area (TPSA) is 44.8 Å². The first-order valence-corrected chi connectivity index (χ1v) is 8.67. The fraction of sp³-hybridized carbons (Fsp3) is 0.409. The Kier molecular flexibility index (Phi) is 5.96. The smallest absolute Gasteiger partial charge is 0.346 e. The molecule has 4 heteroatoms. The Balaban J connectivity index is 2.26. The van der Waals surface area contributed by atoms with Gasteiger partial charge in [0.1, 0.15) is 23.7 Å². The van der Waals surface area contributed by atoms with E-state index in [-0.39, 0.29) is 12.0 Å². The summed E-state index contributed by atoms with van der Waals surface area (Å²) in [5, 5.41) is 0. The van der Waals surface area contributed by atoms with Crippen LogP contribution >= 0.6 is 0 Å². The summed E-state index contributed by atoms with van der Waals surface area (Å²) in [6.07, 6.45) is 0. The Bertz CT molecular complexity index is 755. The molecule has 0 spiro atoms. The Morgan fingerprint density at radius 1 is 0.962 bits per heavy atom. The zero-order valence-electron chi connectivity index (χ0n) is 16.7. The summed E-state index contributed by atoms with van der Waals surface area (Å²) in [5.74, 6) is 0.412. The van der Waals surface area contributed by atoms with Crippen LogP contribution in [0.15, 0.2) is 30.3 Å². The highest BCUT2D eigenvalue weighted by molar-refractivity contribution is 5.95. The molecule has 0 radical (unpaired) electrons. The number of hydrogen-bond donors (Lipinski definition) is 0. The van der Waals surface area contributed by atoms with Gasteiger partial charge in [-0.15, -0.1) is 0 Å². The first-order valence-electron chi connectivity index (χ1n) is 8.67. The number of methoxy groups -OCH3 is 2. The van der Waals surface area contributed by atoms with Gasteiger partial charge in [0.15, 0.2) is 0 Å². The first-order chi connectivity index (χ1) is 12.2. The van der Waals surface area contributed by atoms with Gasteiger partial charge in [-0.3, -0.25) is 0 Å². The third kappa shape index (κ3) is 4.18. The molecular weight excluding hydrogens is 328 g/mol. The minimum atomic E-state index is -0.460. The summed E-state index contributed by atoms with van der Waals surface area (Å²) in [6.45, 7) is 10.9. The molecule has 0 fully saturated rings. The zero-order valence-corrected chi connectivity index (χ0v) is 16.7. The average molecular weight is 356 g/mol. The number of benzene rings is 2. The van der Waals surface area contributed by atoms with Crippen molar-refractivity contribution in [2.75, 3.05) is 14.2 Å². The molecule has 0 aromatic heterocycles. The quantitative estimate of drug-likeness (QED) is 0.709. The maximum atomic E-state index is 12.6. The van der Waals surface area contributed by atoms with Gasteiger partial charge in [0.25, 0.3) is 0 Å². The molecule has 0 amide bonds. The number of carbonyl (C=O) groups is 1. The fourth-order valence-electron chi connectivity index (χ4n) is 2.92. The van der Waals surface area contributed by atoms with Crippen LogP contribution in [0.4, 0.5) is 0 Å². The number of rotatable bonds is 5. The number of ether oxygens (including phenoxy) is 3. The van der Waals surface area contributed by atoms with Crippen molar-refractivity contribution in [3.05, 3.63) is 58.1 Å². The highest BCUT2D eigenvalue weighted by atomic mass is 16.5. The molecule has 4 nitrogen and oxygen atoms in total. The lowest BCUT2D eigenvalue weighted by atomic mass is 9.84. The fourth-order valence-corrected chi connectivity index (χ4v) is 2.92. The van der Waals surface area contributed by atoms with E-state index in [0.29, 0.717) is 17.1 Å². The van der Waals surface area contributed by atoms with Crippen molar-refractivity contribution in [2.24, 2.45) is 0 Å². The van der Waals surface area contributed by atoms with Crippen LogP contribution in [-0.2, 0) is 16.8 Å². The molecule has 140 valence electrons. The largest absolute Gasteiger partial charge is 0.496 e. The van der Waals surface area contributed by atoms with E-state index in [4.69, 9.17) is 14.2 Å². The molecule has 0 aliphatic carbocycles. The van der Waals surface area contributed by atoms with Crippen LogP contribution in [-0.4, -0.2) is 20.2 Å². The Morgan fingerprint density at radius 2 is 1.46 bits per heavy atom. The van der Waals surface area contributed by atoms with Gasteiger partial charge in [0, 0.05) is 0 Å². The third-order valence-corrected chi connectivity index (χ3v) is 4.54. The second-order valence-corrected chi connectivity index (χ2v) is 7.45. The minimum Gasteiger partial charge on any atom is -0.496 e. The summed E-state index contributed by atoms with van der Waals surface area (Å²) in [6, 6.07) is 9.54. The molecule has 0 saturated heterocycles. The summed E-state index contributed by atoms with van der Waals surface area (Å²) in [5.41, 5.74) is 4.92. The third-order valence-electron chi connectivity index (χ3n) is 4.54. The molecule has 0 bridgehead atoms. The summed E-state index contributed by atoms with van der Waals surface area (Å²) in [7, 11) is 3.04. The van der Waals surface area contributed by atoms with Crippen LogP contribution in [0.25, 0.3) is 0 Å². The van der Waals surface area contributed by atoms with Crippen molar-refractivity contribution in [3.8, 4) is 11.5 Å². The molecule has 2 aromatic carbocycles. The molecule has 0 N–H and O–H groups in total. The molecular formula is C22H28O4. The van der Waals surface area contributed by atoms with Gasteiger partial charge in [0.05, 0.1) is 14.2 Å². The zero-order chi connectivity index (χ0) is 19.5. The lowest BCUT2D eigenvalue weighted by Gasteiger charge is -2.22. The van der Waals surface area contributed by atoms with E-state index in [1.165, 1.54) is 19.8 Å². The SMILES string of the molecule is COc1cccc(OC)c1C(=O)OCc1c(C)cc(C(C)(C)C)cc1C. The van der Waals surface area contributed by atoms with Gasteiger partial charge < -0.3 is 14.2 Å². The highest BCUT2D eigenvalue weighted by Crippen LogP contribution is 2.30. The van der Waals surface area contributed by atoms with Crippen molar-refractivity contribution >= 4 is 5.97 Å². The van der Waals surface area contributed by atoms with Crippen molar-refractivity contribution in [1.29, 1.82) is 0 Å². The van der Waals surface area contributed by atoms with Crippen LogP contribution in [0, 0.1) is 13.8 Å². The molecule has 0 saturated carbocycles. The van der Waals surface area contributed by atoms with Crippen molar-refractivity contribution in [1.82, 2.24) is 0 Å². The highest BCUT2D eigenvalue weighted by Gasteiger charge is 2.21. The minimum absolute atomic E-state index is 0.0789. The van der Waals surface area contributed by atoms with Gasteiger partial charge in [-0.2, -0.15) is 0 Å². The summed E-state index contributed by atoms with van der Waals surface area (Å²) in [4.78, 5) is 12.6. The number of aryl methyl sites for hydroxylation is 2. The molecule has 0 aliphatic rings. The van der Waals surface area contributed by atoms with E-state index in [2.05, 4.69) is 46.8 Å². The molecule has 0 unspecified atom stereocenters. The molecule has 26 heavy (non-hydrogen) atoms. The Hall–Kier alpha value is -2.49.